The minimum atomic E-state index is -4.37. The van der Waals surface area contributed by atoms with Crippen LogP contribution in [0.3, 0.4) is 0 Å². The molecule has 1 saturated carbocycles. The average molecular weight is 411 g/mol. The molecule has 1 fully saturated rings. The lowest BCUT2D eigenvalue weighted by molar-refractivity contribution is -0.141. The topological polar surface area (TPSA) is 60.9 Å². The molecule has 1 aliphatic carbocycles. The largest absolute Gasteiger partial charge is 0.408 e. The number of pyridine rings is 1. The van der Waals surface area contributed by atoms with Crippen molar-refractivity contribution >= 4 is 28.2 Å². The molecule has 2 atom stereocenters. The van der Waals surface area contributed by atoms with Gasteiger partial charge < -0.3 is 0 Å². The third-order valence-corrected chi connectivity index (χ3v) is 5.06. The Hall–Kier alpha value is -2.75. The monoisotopic (exact) mass is 410 g/mol. The highest BCUT2D eigenvalue weighted by Gasteiger charge is 2.43. The van der Waals surface area contributed by atoms with Crippen LogP contribution in [0.25, 0.3) is 16.6 Å². The Balaban J connectivity index is 1.51. The Labute approximate surface area is 159 Å². The number of halogens is 5. The zero-order valence-electron chi connectivity index (χ0n) is 14.0. The van der Waals surface area contributed by atoms with Crippen LogP contribution < -0.4 is 0 Å². The first-order chi connectivity index (χ1) is 13.3. The molecule has 0 N–H and O–H groups in total. The van der Waals surface area contributed by atoms with Gasteiger partial charge in [-0.25, -0.2) is 4.98 Å². The highest BCUT2D eigenvalue weighted by molar-refractivity contribution is 6.29. The third kappa shape index (κ3) is 2.88. The summed E-state index contributed by atoms with van der Waals surface area (Å²) in [6, 6.07) is 3.27. The molecule has 0 bridgehead atoms. The second kappa shape index (κ2) is 5.87. The molecule has 144 valence electrons. The fourth-order valence-electron chi connectivity index (χ4n) is 3.56. The standard InChI is InChI=1S/C17H11ClF4N6/c18-14-2-11(16-24-6-15(19)28(16)26-14)9-1-10(9)12-3-13-8(4-23-12)5-25-27(13)7-17(20,21)22/h2-6,9-10H,1,7H2/t9-,10-/m1/s1. The van der Waals surface area contributed by atoms with Gasteiger partial charge in [-0.2, -0.15) is 32.3 Å². The molecule has 0 aromatic carbocycles. The van der Waals surface area contributed by atoms with Crippen molar-refractivity contribution in [3.63, 3.8) is 0 Å². The zero-order valence-corrected chi connectivity index (χ0v) is 14.8. The lowest BCUT2D eigenvalue weighted by Gasteiger charge is -2.08. The number of alkyl halides is 3. The van der Waals surface area contributed by atoms with Crippen LogP contribution in [0.5, 0.6) is 0 Å². The number of rotatable bonds is 3. The van der Waals surface area contributed by atoms with Crippen molar-refractivity contribution in [2.75, 3.05) is 0 Å². The predicted molar refractivity (Wildman–Crippen MR) is 91.6 cm³/mol. The molecule has 0 saturated heterocycles. The van der Waals surface area contributed by atoms with Gasteiger partial charge in [-0.1, -0.05) is 11.6 Å². The van der Waals surface area contributed by atoms with Gasteiger partial charge in [0.2, 0.25) is 5.95 Å². The number of nitrogens with zero attached hydrogens (tertiary/aromatic N) is 6. The summed E-state index contributed by atoms with van der Waals surface area (Å²) in [6.45, 7) is -1.16. The van der Waals surface area contributed by atoms with Crippen molar-refractivity contribution in [3.05, 3.63) is 53.1 Å². The molecule has 4 aromatic heterocycles. The summed E-state index contributed by atoms with van der Waals surface area (Å²) in [5.41, 5.74) is 2.13. The van der Waals surface area contributed by atoms with E-state index >= 15 is 0 Å². The fraction of sp³-hybridized carbons (Fsp3) is 0.294. The quantitative estimate of drug-likeness (QED) is 0.477. The number of hydrogen-bond acceptors (Lipinski definition) is 4. The molecule has 6 nitrogen and oxygen atoms in total. The highest BCUT2D eigenvalue weighted by Crippen LogP contribution is 2.55. The third-order valence-electron chi connectivity index (χ3n) is 4.87. The van der Waals surface area contributed by atoms with Gasteiger partial charge in [-0.05, 0) is 24.5 Å². The fourth-order valence-corrected chi connectivity index (χ4v) is 3.75. The summed E-state index contributed by atoms with van der Waals surface area (Å²) in [5, 5.41) is 8.38. The molecule has 0 aliphatic heterocycles. The lowest BCUT2D eigenvalue weighted by Crippen LogP contribution is -2.18. The average Bonchev–Trinajstić information content (AvgIpc) is 3.22. The Kier molecular flexibility index (Phi) is 3.64. The van der Waals surface area contributed by atoms with Crippen LogP contribution in [0.4, 0.5) is 17.6 Å². The van der Waals surface area contributed by atoms with Crippen LogP contribution in [0, 0.1) is 5.95 Å². The smallest absolute Gasteiger partial charge is 0.260 e. The van der Waals surface area contributed by atoms with Crippen molar-refractivity contribution < 1.29 is 17.6 Å². The normalized spacial score (nSPS) is 19.6. The van der Waals surface area contributed by atoms with Crippen molar-refractivity contribution in [1.29, 1.82) is 0 Å². The van der Waals surface area contributed by atoms with Gasteiger partial charge in [0, 0.05) is 28.8 Å². The van der Waals surface area contributed by atoms with Crippen LogP contribution in [0.1, 0.15) is 29.5 Å². The summed E-state index contributed by atoms with van der Waals surface area (Å²) in [5.74, 6) is -0.666. The SMILES string of the molecule is Fc1cnc2c([C@@H]3C[C@H]3c3cc4c(cn3)cnn4CC(F)(F)F)cc(Cl)nn12. The van der Waals surface area contributed by atoms with Crippen LogP contribution in [0.15, 0.2) is 30.7 Å². The molecular formula is C17H11ClF4N6. The van der Waals surface area contributed by atoms with E-state index in [1.54, 1.807) is 12.1 Å². The maximum Gasteiger partial charge on any atom is 0.408 e. The van der Waals surface area contributed by atoms with E-state index in [1.807, 2.05) is 0 Å². The maximum atomic E-state index is 13.8. The van der Waals surface area contributed by atoms with Gasteiger partial charge in [0.25, 0.3) is 0 Å². The van der Waals surface area contributed by atoms with Crippen molar-refractivity contribution in [2.24, 2.45) is 0 Å². The first-order valence-corrected chi connectivity index (χ1v) is 8.76. The minimum Gasteiger partial charge on any atom is -0.260 e. The predicted octanol–water partition coefficient (Wildman–Crippen LogP) is 4.10. The van der Waals surface area contributed by atoms with Gasteiger partial charge >= 0.3 is 6.18 Å². The lowest BCUT2D eigenvalue weighted by atomic mass is 10.1. The summed E-state index contributed by atoms with van der Waals surface area (Å²) in [7, 11) is 0. The Morgan fingerprint density at radius 2 is 1.93 bits per heavy atom. The van der Waals surface area contributed by atoms with Gasteiger partial charge in [0.05, 0.1) is 17.9 Å². The summed E-state index contributed by atoms with van der Waals surface area (Å²) >= 11 is 6.00. The van der Waals surface area contributed by atoms with E-state index in [9.17, 15) is 17.6 Å². The first-order valence-electron chi connectivity index (χ1n) is 8.38. The molecule has 4 heterocycles. The van der Waals surface area contributed by atoms with E-state index in [2.05, 4.69) is 20.2 Å². The molecule has 1 aliphatic rings. The van der Waals surface area contributed by atoms with E-state index in [0.717, 1.165) is 21.0 Å². The Morgan fingerprint density at radius 1 is 1.11 bits per heavy atom. The molecule has 0 radical (unpaired) electrons. The van der Waals surface area contributed by atoms with Gasteiger partial charge in [-0.15, -0.1) is 0 Å². The van der Waals surface area contributed by atoms with E-state index in [1.165, 1.54) is 12.4 Å². The Bertz CT molecular complexity index is 1210. The van der Waals surface area contributed by atoms with Crippen LogP contribution in [0.2, 0.25) is 5.15 Å². The number of hydrogen-bond donors (Lipinski definition) is 0. The minimum absolute atomic E-state index is 0.0197. The molecule has 0 unspecified atom stereocenters. The van der Waals surface area contributed by atoms with E-state index in [0.29, 0.717) is 28.7 Å². The summed E-state index contributed by atoms with van der Waals surface area (Å²) < 4.78 is 54.0. The second-order valence-corrected chi connectivity index (χ2v) is 7.16. The van der Waals surface area contributed by atoms with Crippen molar-refractivity contribution in [1.82, 2.24) is 29.4 Å². The van der Waals surface area contributed by atoms with E-state index in [4.69, 9.17) is 11.6 Å². The molecule has 11 heteroatoms. The van der Waals surface area contributed by atoms with Gasteiger partial charge in [-0.3, -0.25) is 9.67 Å². The van der Waals surface area contributed by atoms with Crippen LogP contribution >= 0.6 is 11.6 Å². The Morgan fingerprint density at radius 3 is 2.71 bits per heavy atom. The molecule has 28 heavy (non-hydrogen) atoms. The summed E-state index contributed by atoms with van der Waals surface area (Å²) in [4.78, 5) is 8.43. The van der Waals surface area contributed by atoms with Crippen LogP contribution in [-0.2, 0) is 6.54 Å². The highest BCUT2D eigenvalue weighted by atomic mass is 35.5. The second-order valence-electron chi connectivity index (χ2n) is 6.77. The molecule has 4 aromatic rings. The van der Waals surface area contributed by atoms with Crippen LogP contribution in [-0.4, -0.2) is 35.5 Å². The molecular weight excluding hydrogens is 400 g/mol. The van der Waals surface area contributed by atoms with Gasteiger partial charge in [0.1, 0.15) is 6.54 Å². The zero-order chi connectivity index (χ0) is 19.6. The van der Waals surface area contributed by atoms with Crippen molar-refractivity contribution in [3.8, 4) is 0 Å². The maximum absolute atomic E-state index is 13.8. The number of aromatic nitrogens is 6. The molecule has 0 spiro atoms. The number of imidazole rings is 1. The van der Waals surface area contributed by atoms with E-state index in [-0.39, 0.29) is 17.0 Å². The first kappa shape index (κ1) is 17.4. The van der Waals surface area contributed by atoms with Crippen molar-refractivity contribution in [2.45, 2.75) is 31.0 Å². The van der Waals surface area contributed by atoms with Gasteiger partial charge in [0.15, 0.2) is 10.8 Å². The molecule has 5 rings (SSSR count). The van der Waals surface area contributed by atoms with E-state index < -0.39 is 18.7 Å². The summed E-state index contributed by atoms with van der Waals surface area (Å²) in [6.07, 6.45) is 0.288. The number of fused-ring (bicyclic) bond motifs is 2. The molecule has 0 amide bonds.